The molecular formula is C14H30N2O. The molecule has 1 heterocycles. The van der Waals surface area contributed by atoms with E-state index < -0.39 is 0 Å². The SMILES string of the molecule is CCC(CC)CNCC1(N(C)C)CCOCC1. The third kappa shape index (κ3) is 4.23. The summed E-state index contributed by atoms with van der Waals surface area (Å²) >= 11 is 0. The number of nitrogens with zero attached hydrogens (tertiary/aromatic N) is 1. The lowest BCUT2D eigenvalue weighted by atomic mass is 9.88. The lowest BCUT2D eigenvalue weighted by molar-refractivity contribution is -0.00736. The summed E-state index contributed by atoms with van der Waals surface area (Å²) in [6, 6.07) is 0. The average molecular weight is 242 g/mol. The number of likely N-dealkylation sites (N-methyl/N-ethyl adjacent to an activating group) is 1. The van der Waals surface area contributed by atoms with Crippen molar-refractivity contribution in [3.8, 4) is 0 Å². The van der Waals surface area contributed by atoms with Gasteiger partial charge < -0.3 is 15.0 Å². The van der Waals surface area contributed by atoms with E-state index in [0.29, 0.717) is 5.54 Å². The van der Waals surface area contributed by atoms with Crippen LogP contribution in [0, 0.1) is 5.92 Å². The van der Waals surface area contributed by atoms with Gasteiger partial charge in [0.2, 0.25) is 0 Å². The summed E-state index contributed by atoms with van der Waals surface area (Å²) in [5.74, 6) is 0.828. The second-order valence-electron chi connectivity index (χ2n) is 5.54. The topological polar surface area (TPSA) is 24.5 Å². The fourth-order valence-corrected chi connectivity index (χ4v) is 2.62. The van der Waals surface area contributed by atoms with Crippen molar-refractivity contribution in [2.45, 2.75) is 45.1 Å². The van der Waals surface area contributed by atoms with E-state index in [9.17, 15) is 0 Å². The van der Waals surface area contributed by atoms with Gasteiger partial charge in [-0.1, -0.05) is 26.7 Å². The quantitative estimate of drug-likeness (QED) is 0.740. The van der Waals surface area contributed by atoms with Crippen LogP contribution in [-0.4, -0.2) is 50.8 Å². The van der Waals surface area contributed by atoms with E-state index in [-0.39, 0.29) is 0 Å². The summed E-state index contributed by atoms with van der Waals surface area (Å²) in [7, 11) is 4.40. The second-order valence-corrected chi connectivity index (χ2v) is 5.54. The molecule has 3 heteroatoms. The van der Waals surface area contributed by atoms with E-state index in [1.54, 1.807) is 0 Å². The Balaban J connectivity index is 2.39. The molecule has 3 nitrogen and oxygen atoms in total. The summed E-state index contributed by atoms with van der Waals surface area (Å²) in [5.41, 5.74) is 0.310. The van der Waals surface area contributed by atoms with Crippen LogP contribution in [0.4, 0.5) is 0 Å². The molecular weight excluding hydrogens is 212 g/mol. The predicted molar refractivity (Wildman–Crippen MR) is 73.4 cm³/mol. The summed E-state index contributed by atoms with van der Waals surface area (Å²) in [4.78, 5) is 2.38. The lowest BCUT2D eigenvalue weighted by Gasteiger charge is -2.43. The Hall–Kier alpha value is -0.120. The van der Waals surface area contributed by atoms with E-state index in [2.05, 4.69) is 38.2 Å². The van der Waals surface area contributed by atoms with E-state index in [1.165, 1.54) is 12.8 Å². The van der Waals surface area contributed by atoms with Gasteiger partial charge in [-0.05, 0) is 39.4 Å². The minimum absolute atomic E-state index is 0.310. The van der Waals surface area contributed by atoms with Crippen LogP contribution in [0.3, 0.4) is 0 Å². The molecule has 0 aromatic carbocycles. The molecule has 0 aliphatic carbocycles. The molecule has 17 heavy (non-hydrogen) atoms. The average Bonchev–Trinajstić information content (AvgIpc) is 2.35. The maximum atomic E-state index is 5.49. The zero-order chi connectivity index (χ0) is 12.7. The first-order valence-electron chi connectivity index (χ1n) is 7.10. The fourth-order valence-electron chi connectivity index (χ4n) is 2.62. The van der Waals surface area contributed by atoms with Gasteiger partial charge in [0.25, 0.3) is 0 Å². The summed E-state index contributed by atoms with van der Waals surface area (Å²) < 4.78 is 5.49. The number of rotatable bonds is 7. The van der Waals surface area contributed by atoms with E-state index >= 15 is 0 Å². The van der Waals surface area contributed by atoms with Crippen LogP contribution >= 0.6 is 0 Å². The van der Waals surface area contributed by atoms with Crippen LogP contribution in [0.1, 0.15) is 39.5 Å². The number of ether oxygens (including phenoxy) is 1. The molecule has 0 atom stereocenters. The van der Waals surface area contributed by atoms with Crippen LogP contribution in [0.15, 0.2) is 0 Å². The molecule has 0 spiro atoms. The van der Waals surface area contributed by atoms with Gasteiger partial charge in [0.05, 0.1) is 0 Å². The molecule has 1 fully saturated rings. The smallest absolute Gasteiger partial charge is 0.0484 e. The first-order valence-corrected chi connectivity index (χ1v) is 7.10. The maximum absolute atomic E-state index is 5.49. The minimum Gasteiger partial charge on any atom is -0.381 e. The predicted octanol–water partition coefficient (Wildman–Crippen LogP) is 2.12. The largest absolute Gasteiger partial charge is 0.381 e. The Kier molecular flexibility index (Phi) is 6.45. The van der Waals surface area contributed by atoms with Crippen molar-refractivity contribution < 1.29 is 4.74 Å². The molecule has 102 valence electrons. The molecule has 0 aromatic rings. The highest BCUT2D eigenvalue weighted by Crippen LogP contribution is 2.25. The van der Waals surface area contributed by atoms with Gasteiger partial charge in [-0.3, -0.25) is 0 Å². The van der Waals surface area contributed by atoms with Gasteiger partial charge in [0.15, 0.2) is 0 Å². The zero-order valence-corrected chi connectivity index (χ0v) is 12.1. The van der Waals surface area contributed by atoms with Crippen LogP contribution in [0.25, 0.3) is 0 Å². The standard InChI is InChI=1S/C14H30N2O/c1-5-13(6-2)11-15-12-14(16(3)4)7-9-17-10-8-14/h13,15H,5-12H2,1-4H3. The molecule has 1 rings (SSSR count). The Morgan fingerprint density at radius 3 is 2.24 bits per heavy atom. The van der Waals surface area contributed by atoms with Gasteiger partial charge in [-0.2, -0.15) is 0 Å². The second kappa shape index (κ2) is 7.34. The van der Waals surface area contributed by atoms with Gasteiger partial charge in [-0.15, -0.1) is 0 Å². The third-order valence-corrected chi connectivity index (χ3v) is 4.41. The monoisotopic (exact) mass is 242 g/mol. The van der Waals surface area contributed by atoms with Crippen molar-refractivity contribution in [2.75, 3.05) is 40.4 Å². The number of hydrogen-bond donors (Lipinski definition) is 1. The molecule has 0 radical (unpaired) electrons. The van der Waals surface area contributed by atoms with Crippen molar-refractivity contribution in [3.05, 3.63) is 0 Å². The van der Waals surface area contributed by atoms with Gasteiger partial charge in [0, 0.05) is 25.3 Å². The highest BCUT2D eigenvalue weighted by atomic mass is 16.5. The highest BCUT2D eigenvalue weighted by molar-refractivity contribution is 4.92. The van der Waals surface area contributed by atoms with Crippen LogP contribution in [0.5, 0.6) is 0 Å². The molecule has 1 N–H and O–H groups in total. The first-order chi connectivity index (χ1) is 8.14. The van der Waals surface area contributed by atoms with E-state index in [0.717, 1.165) is 45.1 Å². The Morgan fingerprint density at radius 2 is 1.76 bits per heavy atom. The van der Waals surface area contributed by atoms with Crippen LogP contribution < -0.4 is 5.32 Å². The van der Waals surface area contributed by atoms with Gasteiger partial charge in [0.1, 0.15) is 0 Å². The molecule has 1 aliphatic heterocycles. The molecule has 0 aromatic heterocycles. The summed E-state index contributed by atoms with van der Waals surface area (Å²) in [6.07, 6.45) is 4.86. The molecule has 0 amide bonds. The summed E-state index contributed by atoms with van der Waals surface area (Å²) in [6.45, 7) is 8.64. The van der Waals surface area contributed by atoms with Gasteiger partial charge in [-0.25, -0.2) is 0 Å². The lowest BCUT2D eigenvalue weighted by Crippen LogP contribution is -2.55. The Bertz CT molecular complexity index is 196. The van der Waals surface area contributed by atoms with E-state index in [1.807, 2.05) is 0 Å². The van der Waals surface area contributed by atoms with Crippen molar-refractivity contribution in [3.63, 3.8) is 0 Å². The number of hydrogen-bond acceptors (Lipinski definition) is 3. The Labute approximate surface area is 107 Å². The Morgan fingerprint density at radius 1 is 1.18 bits per heavy atom. The minimum atomic E-state index is 0.310. The van der Waals surface area contributed by atoms with Crippen LogP contribution in [0.2, 0.25) is 0 Å². The van der Waals surface area contributed by atoms with Gasteiger partial charge >= 0.3 is 0 Å². The van der Waals surface area contributed by atoms with Crippen molar-refractivity contribution in [1.82, 2.24) is 10.2 Å². The van der Waals surface area contributed by atoms with Crippen LogP contribution in [-0.2, 0) is 4.74 Å². The molecule has 1 aliphatic rings. The van der Waals surface area contributed by atoms with Crippen molar-refractivity contribution in [1.29, 1.82) is 0 Å². The summed E-state index contributed by atoms with van der Waals surface area (Å²) in [5, 5.41) is 3.68. The third-order valence-electron chi connectivity index (χ3n) is 4.41. The molecule has 0 bridgehead atoms. The zero-order valence-electron chi connectivity index (χ0n) is 12.1. The maximum Gasteiger partial charge on any atom is 0.0484 e. The molecule has 0 unspecified atom stereocenters. The van der Waals surface area contributed by atoms with Crippen molar-refractivity contribution >= 4 is 0 Å². The molecule has 1 saturated heterocycles. The fraction of sp³-hybridized carbons (Fsp3) is 1.00. The number of nitrogens with one attached hydrogen (secondary N) is 1. The normalized spacial score (nSPS) is 20.1. The molecule has 0 saturated carbocycles. The van der Waals surface area contributed by atoms with Crippen molar-refractivity contribution in [2.24, 2.45) is 5.92 Å². The first kappa shape index (κ1) is 14.9. The highest BCUT2D eigenvalue weighted by Gasteiger charge is 2.34. The van der Waals surface area contributed by atoms with E-state index in [4.69, 9.17) is 4.74 Å².